The normalized spacial score (nSPS) is 18.2. The summed E-state index contributed by atoms with van der Waals surface area (Å²) >= 11 is 6.37. The molecule has 0 unspecified atom stereocenters. The van der Waals surface area contributed by atoms with Crippen LogP contribution in [0.2, 0.25) is 0 Å². The molecule has 0 bridgehead atoms. The van der Waals surface area contributed by atoms with Crippen LogP contribution in [-0.4, -0.2) is 56.8 Å². The lowest BCUT2D eigenvalue weighted by Crippen LogP contribution is -2.46. The van der Waals surface area contributed by atoms with Gasteiger partial charge < -0.3 is 14.4 Å². The number of carbonyl (C=O) groups excluding carboxylic acids is 2. The molecule has 2 aromatic rings. The van der Waals surface area contributed by atoms with Crippen molar-refractivity contribution in [2.24, 2.45) is 0 Å². The number of aromatic carboxylic acids is 1. The Morgan fingerprint density at radius 2 is 1.85 bits per heavy atom. The summed E-state index contributed by atoms with van der Waals surface area (Å²) in [6, 6.07) is 9.77. The Hall–Kier alpha value is -2.95. The van der Waals surface area contributed by atoms with Crippen LogP contribution in [0.1, 0.15) is 41.8 Å². The fourth-order valence-electron chi connectivity index (χ4n) is 3.68. The van der Waals surface area contributed by atoms with Gasteiger partial charge in [-0.15, -0.1) is 0 Å². The highest BCUT2D eigenvalue weighted by Crippen LogP contribution is 2.32. The second-order valence-electron chi connectivity index (χ2n) is 7.79. The van der Waals surface area contributed by atoms with Gasteiger partial charge in [0.1, 0.15) is 11.5 Å². The Bertz CT molecular complexity index is 1100. The van der Waals surface area contributed by atoms with Crippen LogP contribution in [0.15, 0.2) is 45.7 Å². The molecule has 0 atom stereocenters. The zero-order valence-electron chi connectivity index (χ0n) is 17.8. The summed E-state index contributed by atoms with van der Waals surface area (Å²) in [5.74, 6) is -0.658. The van der Waals surface area contributed by atoms with Crippen LogP contribution < -0.4 is 5.43 Å². The first-order chi connectivity index (χ1) is 15.9. The molecule has 1 aromatic heterocycles. The number of benzene rings is 1. The number of thiocarbonyl (C=S) groups is 1. The number of thioether (sulfide) groups is 1. The zero-order chi connectivity index (χ0) is 23.4. The molecule has 0 aliphatic carbocycles. The molecular weight excluding hydrogens is 462 g/mol. The Morgan fingerprint density at radius 3 is 2.55 bits per heavy atom. The first kappa shape index (κ1) is 23.2. The minimum atomic E-state index is -0.998. The van der Waals surface area contributed by atoms with Gasteiger partial charge in [-0.05, 0) is 62.4 Å². The maximum Gasteiger partial charge on any atom is 0.335 e. The third-order valence-corrected chi connectivity index (χ3v) is 6.75. The van der Waals surface area contributed by atoms with Crippen molar-refractivity contribution in [2.45, 2.75) is 25.7 Å². The van der Waals surface area contributed by atoms with Gasteiger partial charge in [0, 0.05) is 24.6 Å². The molecule has 172 valence electrons. The highest BCUT2D eigenvalue weighted by Gasteiger charge is 2.34. The Labute approximate surface area is 200 Å². The van der Waals surface area contributed by atoms with Gasteiger partial charge in [-0.1, -0.05) is 30.3 Å². The summed E-state index contributed by atoms with van der Waals surface area (Å²) in [5, 5.41) is 10.1. The Balaban J connectivity index is 1.37. The molecule has 2 saturated heterocycles. The lowest BCUT2D eigenvalue weighted by Gasteiger charge is -2.26. The number of hydrazine groups is 1. The molecule has 33 heavy (non-hydrogen) atoms. The number of rotatable bonds is 7. The van der Waals surface area contributed by atoms with Crippen LogP contribution in [0.3, 0.4) is 0 Å². The molecule has 10 heteroatoms. The van der Waals surface area contributed by atoms with Crippen molar-refractivity contribution in [3.8, 4) is 11.3 Å². The summed E-state index contributed by atoms with van der Waals surface area (Å²) in [5.41, 5.74) is 3.52. The number of hydrogen-bond acceptors (Lipinski definition) is 7. The summed E-state index contributed by atoms with van der Waals surface area (Å²) in [6.07, 6.45) is 5.43. The minimum Gasteiger partial charge on any atom is -0.478 e. The van der Waals surface area contributed by atoms with Crippen molar-refractivity contribution >= 4 is 52.2 Å². The quantitative estimate of drug-likeness (QED) is 0.452. The number of likely N-dealkylation sites (tertiary alicyclic amines) is 1. The van der Waals surface area contributed by atoms with Crippen LogP contribution >= 0.6 is 24.0 Å². The number of carboxylic acids is 1. The topological polar surface area (TPSA) is 103 Å². The van der Waals surface area contributed by atoms with Gasteiger partial charge in [-0.3, -0.25) is 15.0 Å². The third kappa shape index (κ3) is 5.70. The molecule has 3 heterocycles. The lowest BCUT2D eigenvalue weighted by molar-refractivity contribution is -0.133. The molecule has 8 nitrogen and oxygen atoms in total. The van der Waals surface area contributed by atoms with Crippen molar-refractivity contribution in [1.29, 1.82) is 0 Å². The van der Waals surface area contributed by atoms with Crippen molar-refractivity contribution in [2.75, 3.05) is 19.6 Å². The third-order valence-electron chi connectivity index (χ3n) is 5.45. The Morgan fingerprint density at radius 1 is 1.12 bits per heavy atom. The van der Waals surface area contributed by atoms with Crippen molar-refractivity contribution in [1.82, 2.24) is 15.3 Å². The van der Waals surface area contributed by atoms with Crippen LogP contribution in [0.5, 0.6) is 0 Å². The van der Waals surface area contributed by atoms with E-state index < -0.39 is 11.9 Å². The molecule has 0 radical (unpaired) electrons. The summed E-state index contributed by atoms with van der Waals surface area (Å²) in [4.78, 5) is 38.7. The molecule has 2 fully saturated rings. The van der Waals surface area contributed by atoms with Gasteiger partial charge in [0.05, 0.1) is 10.5 Å². The van der Waals surface area contributed by atoms with E-state index >= 15 is 0 Å². The first-order valence-electron chi connectivity index (χ1n) is 10.6. The number of piperidine rings is 1. The van der Waals surface area contributed by atoms with E-state index in [2.05, 4.69) is 10.3 Å². The molecule has 2 N–H and O–H groups in total. The average molecular weight is 486 g/mol. The maximum absolute atomic E-state index is 12.8. The number of carbonyl (C=O) groups is 3. The highest BCUT2D eigenvalue weighted by atomic mass is 32.2. The van der Waals surface area contributed by atoms with Gasteiger partial charge in [-0.2, -0.15) is 5.01 Å². The van der Waals surface area contributed by atoms with Gasteiger partial charge in [-0.25, -0.2) is 4.79 Å². The predicted octanol–water partition coefficient (Wildman–Crippen LogP) is 3.75. The lowest BCUT2D eigenvalue weighted by atomic mass is 10.1. The molecular formula is C23H23N3O5S2. The first-order valence-corrected chi connectivity index (χ1v) is 11.9. The molecule has 2 amide bonds. The number of carboxylic acid groups (broad SMARTS) is 1. The maximum atomic E-state index is 12.8. The SMILES string of the molecule is O=C(CCN1CCCCC1)NN1C(=O)/C(=C\c2ccc(-c3ccc(C(=O)O)cc3)o2)SC1=S. The molecule has 0 spiro atoms. The second kappa shape index (κ2) is 10.3. The Kier molecular flexibility index (Phi) is 7.26. The fraction of sp³-hybridized carbons (Fsp3) is 0.304. The monoisotopic (exact) mass is 485 g/mol. The van der Waals surface area contributed by atoms with E-state index in [-0.39, 0.29) is 15.8 Å². The summed E-state index contributed by atoms with van der Waals surface area (Å²) in [6.45, 7) is 2.68. The number of amides is 2. The number of nitrogens with zero attached hydrogens (tertiary/aromatic N) is 2. The van der Waals surface area contributed by atoms with Crippen molar-refractivity contribution in [3.05, 3.63) is 52.6 Å². The van der Waals surface area contributed by atoms with E-state index in [4.69, 9.17) is 21.7 Å². The van der Waals surface area contributed by atoms with Gasteiger partial charge >= 0.3 is 5.97 Å². The standard InChI is InChI=1S/C23H23N3O5S2/c27-20(10-13-25-11-2-1-3-12-25)24-26-21(28)19(33-23(26)32)14-17-8-9-18(31-17)15-4-6-16(7-5-15)22(29)30/h4-9,14H,1-3,10-13H2,(H,24,27)(H,29,30)/b19-14+. The molecule has 1 aromatic carbocycles. The van der Waals surface area contributed by atoms with E-state index in [0.29, 0.717) is 35.0 Å². The molecule has 2 aliphatic rings. The highest BCUT2D eigenvalue weighted by molar-refractivity contribution is 8.26. The van der Waals surface area contributed by atoms with Gasteiger partial charge in [0.15, 0.2) is 4.32 Å². The summed E-state index contributed by atoms with van der Waals surface area (Å²) in [7, 11) is 0. The van der Waals surface area contributed by atoms with Crippen LogP contribution in [0, 0.1) is 0 Å². The van der Waals surface area contributed by atoms with E-state index in [0.717, 1.165) is 42.7 Å². The number of nitrogens with one attached hydrogen (secondary N) is 1. The van der Waals surface area contributed by atoms with Crippen LogP contribution in [0.4, 0.5) is 0 Å². The summed E-state index contributed by atoms with van der Waals surface area (Å²) < 4.78 is 6.05. The van der Waals surface area contributed by atoms with E-state index in [9.17, 15) is 14.4 Å². The zero-order valence-corrected chi connectivity index (χ0v) is 19.4. The molecule has 2 aliphatic heterocycles. The second-order valence-corrected chi connectivity index (χ2v) is 9.46. The van der Waals surface area contributed by atoms with Gasteiger partial charge in [0.25, 0.3) is 5.91 Å². The van der Waals surface area contributed by atoms with E-state index in [1.807, 2.05) is 0 Å². The number of furan rings is 1. The predicted molar refractivity (Wildman–Crippen MR) is 129 cm³/mol. The van der Waals surface area contributed by atoms with Crippen molar-refractivity contribution < 1.29 is 23.9 Å². The minimum absolute atomic E-state index is 0.187. The molecule has 0 saturated carbocycles. The van der Waals surface area contributed by atoms with Crippen molar-refractivity contribution in [3.63, 3.8) is 0 Å². The van der Waals surface area contributed by atoms with Crippen LogP contribution in [-0.2, 0) is 9.59 Å². The average Bonchev–Trinajstić information content (AvgIpc) is 3.39. The molecule has 4 rings (SSSR count). The largest absolute Gasteiger partial charge is 0.478 e. The van der Waals surface area contributed by atoms with E-state index in [1.165, 1.54) is 18.6 Å². The number of hydrogen-bond donors (Lipinski definition) is 2. The van der Waals surface area contributed by atoms with Gasteiger partial charge in [0.2, 0.25) is 5.91 Å². The van der Waals surface area contributed by atoms with Crippen LogP contribution in [0.25, 0.3) is 17.4 Å². The smallest absolute Gasteiger partial charge is 0.335 e. The van der Waals surface area contributed by atoms with E-state index in [1.54, 1.807) is 30.3 Å². The fourth-order valence-corrected chi connectivity index (χ4v) is 4.84.